The molecule has 34 heavy (non-hydrogen) atoms. The Morgan fingerprint density at radius 1 is 1.15 bits per heavy atom. The van der Waals surface area contributed by atoms with Gasteiger partial charge in [-0.25, -0.2) is 4.39 Å². The first kappa shape index (κ1) is 23.6. The normalized spacial score (nSPS) is 11.9. The van der Waals surface area contributed by atoms with Crippen molar-refractivity contribution in [2.75, 3.05) is 5.32 Å². The molecule has 0 fully saturated rings. The minimum atomic E-state index is -0.474. The zero-order valence-electron chi connectivity index (χ0n) is 18.9. The maximum Gasteiger partial charge on any atom is 0.292 e. The Balaban J connectivity index is 1.33. The van der Waals surface area contributed by atoms with Crippen molar-refractivity contribution in [2.45, 2.75) is 39.3 Å². The van der Waals surface area contributed by atoms with Gasteiger partial charge in [0.15, 0.2) is 11.6 Å². The predicted molar refractivity (Wildman–Crippen MR) is 129 cm³/mol. The van der Waals surface area contributed by atoms with Crippen LogP contribution >= 0.6 is 11.6 Å². The summed E-state index contributed by atoms with van der Waals surface area (Å²) in [6.07, 6.45) is 2.67. The van der Waals surface area contributed by atoms with Crippen molar-refractivity contribution >= 4 is 23.3 Å². The van der Waals surface area contributed by atoms with E-state index in [4.69, 9.17) is 20.8 Å². The summed E-state index contributed by atoms with van der Waals surface area (Å²) >= 11 is 6.22. The monoisotopic (exact) mass is 481 g/mol. The predicted octanol–water partition coefficient (Wildman–Crippen LogP) is 6.66. The third kappa shape index (κ3) is 5.85. The number of hydrogen-bond donors (Lipinski definition) is 1. The molecular formula is C26H25ClFN3O3. The lowest BCUT2D eigenvalue weighted by atomic mass is 9.99. The first-order chi connectivity index (χ1) is 16.4. The first-order valence-electron chi connectivity index (χ1n) is 11.0. The summed E-state index contributed by atoms with van der Waals surface area (Å²) in [5, 5.41) is 7.23. The highest BCUT2D eigenvalue weighted by molar-refractivity contribution is 6.33. The van der Waals surface area contributed by atoms with Crippen LogP contribution in [0.15, 0.2) is 71.3 Å². The Morgan fingerprint density at radius 2 is 1.88 bits per heavy atom. The van der Waals surface area contributed by atoms with Crippen molar-refractivity contribution in [3.63, 3.8) is 0 Å². The fourth-order valence-electron chi connectivity index (χ4n) is 3.37. The van der Waals surface area contributed by atoms with Crippen LogP contribution in [-0.4, -0.2) is 15.7 Å². The standard InChI is InChI=1S/C26H25ClFN3O3/c1-3-17(2)19-6-10-21(11-7-19)33-16-22-12-13-24(34-22)26(32)29-25-23(27)15-31(30-25)14-18-4-8-20(28)9-5-18/h4-13,15,17H,3,14,16H2,1-2H3,(H,29,30,32). The van der Waals surface area contributed by atoms with Crippen molar-refractivity contribution < 1.29 is 18.3 Å². The number of nitrogens with one attached hydrogen (secondary N) is 1. The molecule has 1 N–H and O–H groups in total. The Morgan fingerprint density at radius 3 is 2.59 bits per heavy atom. The van der Waals surface area contributed by atoms with Gasteiger partial charge in [0.25, 0.3) is 5.91 Å². The molecule has 0 saturated heterocycles. The molecule has 1 atom stereocenters. The zero-order valence-corrected chi connectivity index (χ0v) is 19.7. The van der Waals surface area contributed by atoms with Crippen LogP contribution in [0, 0.1) is 5.82 Å². The van der Waals surface area contributed by atoms with Gasteiger partial charge in [-0.3, -0.25) is 9.48 Å². The van der Waals surface area contributed by atoms with E-state index in [1.54, 1.807) is 35.1 Å². The van der Waals surface area contributed by atoms with E-state index in [2.05, 4.69) is 36.4 Å². The molecule has 2 aromatic heterocycles. The summed E-state index contributed by atoms with van der Waals surface area (Å²) in [4.78, 5) is 12.6. The number of ether oxygens (including phenoxy) is 1. The van der Waals surface area contributed by atoms with E-state index in [1.165, 1.54) is 17.7 Å². The SMILES string of the molecule is CCC(C)c1ccc(OCc2ccc(C(=O)Nc3nn(Cc4ccc(F)cc4)cc3Cl)o2)cc1. The van der Waals surface area contributed by atoms with Gasteiger partial charge in [0, 0.05) is 6.20 Å². The quantitative estimate of drug-likeness (QED) is 0.290. The average Bonchev–Trinajstić information content (AvgIpc) is 3.45. The van der Waals surface area contributed by atoms with Crippen LogP contribution in [-0.2, 0) is 13.2 Å². The van der Waals surface area contributed by atoms with E-state index in [-0.39, 0.29) is 29.0 Å². The summed E-state index contributed by atoms with van der Waals surface area (Å²) in [5.74, 6) is 1.30. The molecule has 8 heteroatoms. The lowest BCUT2D eigenvalue weighted by Crippen LogP contribution is -2.12. The Labute approximate surface area is 202 Å². The highest BCUT2D eigenvalue weighted by Gasteiger charge is 2.16. The maximum atomic E-state index is 13.1. The van der Waals surface area contributed by atoms with Crippen LogP contribution < -0.4 is 10.1 Å². The molecule has 1 unspecified atom stereocenters. The number of carbonyl (C=O) groups excluding carboxylic acids is 1. The first-order valence-corrected chi connectivity index (χ1v) is 11.4. The summed E-state index contributed by atoms with van der Waals surface area (Å²) in [5.41, 5.74) is 2.12. The number of nitrogens with zero attached hydrogens (tertiary/aromatic N) is 2. The average molecular weight is 482 g/mol. The van der Waals surface area contributed by atoms with Crippen molar-refractivity contribution in [3.8, 4) is 5.75 Å². The molecule has 176 valence electrons. The van der Waals surface area contributed by atoms with Crippen LogP contribution in [0.25, 0.3) is 0 Å². The smallest absolute Gasteiger partial charge is 0.292 e. The molecule has 0 aliphatic rings. The summed E-state index contributed by atoms with van der Waals surface area (Å²) in [6.45, 7) is 4.93. The molecule has 2 aromatic carbocycles. The topological polar surface area (TPSA) is 69.3 Å². The van der Waals surface area contributed by atoms with Crippen molar-refractivity contribution in [2.24, 2.45) is 0 Å². The van der Waals surface area contributed by atoms with E-state index >= 15 is 0 Å². The Bertz CT molecular complexity index is 1250. The molecule has 0 aliphatic heterocycles. The molecule has 0 aliphatic carbocycles. The number of aromatic nitrogens is 2. The summed E-state index contributed by atoms with van der Waals surface area (Å²) in [7, 11) is 0. The van der Waals surface area contributed by atoms with Gasteiger partial charge in [0.2, 0.25) is 0 Å². The van der Waals surface area contributed by atoms with Gasteiger partial charge in [-0.15, -0.1) is 0 Å². The number of benzene rings is 2. The van der Waals surface area contributed by atoms with Crippen LogP contribution in [0.4, 0.5) is 10.2 Å². The van der Waals surface area contributed by atoms with Gasteiger partial charge in [-0.1, -0.05) is 49.7 Å². The lowest BCUT2D eigenvalue weighted by molar-refractivity contribution is 0.0992. The third-order valence-electron chi connectivity index (χ3n) is 5.53. The molecule has 2 heterocycles. The van der Waals surface area contributed by atoms with Gasteiger partial charge in [0.05, 0.1) is 6.54 Å². The number of furan rings is 1. The largest absolute Gasteiger partial charge is 0.486 e. The van der Waals surface area contributed by atoms with Gasteiger partial charge < -0.3 is 14.5 Å². The Kier molecular flexibility index (Phi) is 7.33. The highest BCUT2D eigenvalue weighted by atomic mass is 35.5. The minimum Gasteiger partial charge on any atom is -0.486 e. The molecule has 0 bridgehead atoms. The fraction of sp³-hybridized carbons (Fsp3) is 0.231. The van der Waals surface area contributed by atoms with Crippen LogP contribution in [0.3, 0.4) is 0 Å². The van der Waals surface area contributed by atoms with Crippen LogP contribution in [0.1, 0.15) is 53.6 Å². The molecule has 4 rings (SSSR count). The number of halogens is 2. The second-order valence-corrected chi connectivity index (χ2v) is 8.44. The molecule has 0 radical (unpaired) electrons. The van der Waals surface area contributed by atoms with Crippen LogP contribution in [0.2, 0.25) is 5.02 Å². The Hall–Kier alpha value is -3.58. The number of rotatable bonds is 9. The maximum absolute atomic E-state index is 13.1. The van der Waals surface area contributed by atoms with Crippen molar-refractivity contribution in [1.82, 2.24) is 9.78 Å². The van der Waals surface area contributed by atoms with Gasteiger partial charge >= 0.3 is 0 Å². The second kappa shape index (κ2) is 10.6. The number of amides is 1. The van der Waals surface area contributed by atoms with Crippen LogP contribution in [0.5, 0.6) is 5.75 Å². The highest BCUT2D eigenvalue weighted by Crippen LogP contribution is 2.23. The summed E-state index contributed by atoms with van der Waals surface area (Å²) < 4.78 is 26.0. The second-order valence-electron chi connectivity index (χ2n) is 8.04. The van der Waals surface area contributed by atoms with Gasteiger partial charge in [0.1, 0.15) is 29.0 Å². The fourth-order valence-corrected chi connectivity index (χ4v) is 3.57. The van der Waals surface area contributed by atoms with E-state index in [1.807, 2.05) is 12.1 Å². The van der Waals surface area contributed by atoms with Gasteiger partial charge in [-0.05, 0) is 59.9 Å². The molecule has 6 nitrogen and oxygen atoms in total. The van der Waals surface area contributed by atoms with E-state index in [9.17, 15) is 9.18 Å². The molecule has 1 amide bonds. The van der Waals surface area contributed by atoms with E-state index in [0.29, 0.717) is 18.2 Å². The molecule has 0 spiro atoms. The zero-order chi connectivity index (χ0) is 24.1. The number of hydrogen-bond acceptors (Lipinski definition) is 4. The third-order valence-corrected chi connectivity index (χ3v) is 5.81. The van der Waals surface area contributed by atoms with Gasteiger partial charge in [-0.2, -0.15) is 5.10 Å². The van der Waals surface area contributed by atoms with Crippen molar-refractivity contribution in [3.05, 3.63) is 100 Å². The van der Waals surface area contributed by atoms with E-state index < -0.39 is 5.91 Å². The van der Waals surface area contributed by atoms with Crippen molar-refractivity contribution in [1.29, 1.82) is 0 Å². The molecular weight excluding hydrogens is 457 g/mol. The molecule has 4 aromatic rings. The van der Waals surface area contributed by atoms with E-state index in [0.717, 1.165) is 17.7 Å². The minimum absolute atomic E-state index is 0.120. The number of anilines is 1. The summed E-state index contributed by atoms with van der Waals surface area (Å²) in [6, 6.07) is 17.3. The molecule has 0 saturated carbocycles. The lowest BCUT2D eigenvalue weighted by Gasteiger charge is -2.10. The number of carbonyl (C=O) groups is 1.